The standard InChI is InChI=1S/C15H16BrN3O/c1-20-10-6-13(17-7-10)15-18-12-5-8-4-9(16)2-3-11(8)14(12)19-15/h2-4,10,13,17H,5-7H2,1H3,(H,18,19). The van der Waals surface area contributed by atoms with E-state index >= 15 is 0 Å². The summed E-state index contributed by atoms with van der Waals surface area (Å²) >= 11 is 3.53. The number of nitrogens with one attached hydrogen (secondary N) is 2. The van der Waals surface area contributed by atoms with Gasteiger partial charge >= 0.3 is 0 Å². The maximum absolute atomic E-state index is 5.40. The Hall–Kier alpha value is -1.17. The van der Waals surface area contributed by atoms with E-state index in [4.69, 9.17) is 9.72 Å². The van der Waals surface area contributed by atoms with Crippen LogP contribution in [0, 0.1) is 0 Å². The number of aromatic amines is 1. The second-order valence-corrected chi connectivity index (χ2v) is 6.40. The van der Waals surface area contributed by atoms with E-state index in [0.29, 0.717) is 6.10 Å². The van der Waals surface area contributed by atoms with Crippen LogP contribution in [0.3, 0.4) is 0 Å². The van der Waals surface area contributed by atoms with Gasteiger partial charge in [0.2, 0.25) is 0 Å². The molecule has 4 rings (SSSR count). The molecule has 0 saturated carbocycles. The largest absolute Gasteiger partial charge is 0.380 e. The molecule has 0 spiro atoms. The fraction of sp³-hybridized carbons (Fsp3) is 0.400. The predicted molar refractivity (Wildman–Crippen MR) is 80.7 cm³/mol. The highest BCUT2D eigenvalue weighted by Crippen LogP contribution is 2.37. The number of rotatable bonds is 2. The van der Waals surface area contributed by atoms with Crippen molar-refractivity contribution in [3.8, 4) is 11.3 Å². The van der Waals surface area contributed by atoms with Gasteiger partial charge in [-0.2, -0.15) is 0 Å². The molecule has 1 aliphatic carbocycles. The van der Waals surface area contributed by atoms with E-state index in [1.165, 1.54) is 16.8 Å². The number of hydrogen-bond donors (Lipinski definition) is 2. The minimum absolute atomic E-state index is 0.282. The third kappa shape index (κ3) is 1.92. The van der Waals surface area contributed by atoms with Crippen molar-refractivity contribution in [1.82, 2.24) is 15.3 Å². The third-order valence-electron chi connectivity index (χ3n) is 4.24. The van der Waals surface area contributed by atoms with Crippen LogP contribution in [0.2, 0.25) is 0 Å². The zero-order valence-electron chi connectivity index (χ0n) is 11.2. The highest BCUT2D eigenvalue weighted by Gasteiger charge is 2.30. The quantitative estimate of drug-likeness (QED) is 0.758. The average molecular weight is 334 g/mol. The van der Waals surface area contributed by atoms with Gasteiger partial charge in [-0.3, -0.25) is 0 Å². The normalized spacial score (nSPS) is 23.9. The molecule has 20 heavy (non-hydrogen) atoms. The summed E-state index contributed by atoms with van der Waals surface area (Å²) in [6, 6.07) is 6.69. The fourth-order valence-corrected chi connectivity index (χ4v) is 3.58. The van der Waals surface area contributed by atoms with Crippen molar-refractivity contribution < 1.29 is 4.74 Å². The van der Waals surface area contributed by atoms with Crippen LogP contribution >= 0.6 is 15.9 Å². The summed E-state index contributed by atoms with van der Waals surface area (Å²) in [5, 5.41) is 3.47. The van der Waals surface area contributed by atoms with Crippen LogP contribution in [-0.2, 0) is 11.2 Å². The topological polar surface area (TPSA) is 49.9 Å². The smallest absolute Gasteiger partial charge is 0.124 e. The fourth-order valence-electron chi connectivity index (χ4n) is 3.17. The Balaban J connectivity index is 1.66. The van der Waals surface area contributed by atoms with E-state index in [9.17, 15) is 0 Å². The molecule has 2 atom stereocenters. The van der Waals surface area contributed by atoms with Crippen LogP contribution in [0.5, 0.6) is 0 Å². The number of halogens is 1. The summed E-state index contributed by atoms with van der Waals surface area (Å²) in [5.41, 5.74) is 4.95. The van der Waals surface area contributed by atoms with E-state index in [2.05, 4.69) is 44.4 Å². The molecule has 1 aliphatic heterocycles. The molecule has 2 aromatic rings. The minimum atomic E-state index is 0.282. The van der Waals surface area contributed by atoms with Gasteiger partial charge in [0.15, 0.2) is 0 Å². The van der Waals surface area contributed by atoms with Crippen LogP contribution < -0.4 is 5.32 Å². The number of H-pyrrole nitrogens is 1. The van der Waals surface area contributed by atoms with Gasteiger partial charge in [-0.05, 0) is 24.1 Å². The second kappa shape index (κ2) is 4.69. The first kappa shape index (κ1) is 12.6. The van der Waals surface area contributed by atoms with Gasteiger partial charge in [-0.1, -0.05) is 22.0 Å². The molecule has 0 radical (unpaired) electrons. The van der Waals surface area contributed by atoms with Crippen LogP contribution in [0.15, 0.2) is 22.7 Å². The Labute approximate surface area is 126 Å². The van der Waals surface area contributed by atoms with E-state index in [-0.39, 0.29) is 6.04 Å². The first-order chi connectivity index (χ1) is 9.74. The van der Waals surface area contributed by atoms with Gasteiger partial charge in [0.1, 0.15) is 5.82 Å². The number of aromatic nitrogens is 2. The van der Waals surface area contributed by atoms with Crippen molar-refractivity contribution in [2.75, 3.05) is 13.7 Å². The van der Waals surface area contributed by atoms with E-state index in [1.54, 1.807) is 7.11 Å². The van der Waals surface area contributed by atoms with Crippen LogP contribution in [0.25, 0.3) is 11.3 Å². The lowest BCUT2D eigenvalue weighted by Gasteiger charge is -2.07. The summed E-state index contributed by atoms with van der Waals surface area (Å²) in [4.78, 5) is 8.33. The molecule has 2 N–H and O–H groups in total. The van der Waals surface area contributed by atoms with Crippen molar-refractivity contribution >= 4 is 15.9 Å². The Bertz CT molecular complexity index is 667. The maximum Gasteiger partial charge on any atom is 0.124 e. The lowest BCUT2D eigenvalue weighted by atomic mass is 10.1. The Kier molecular flexibility index (Phi) is 2.94. The van der Waals surface area contributed by atoms with Crippen LogP contribution in [0.1, 0.15) is 29.5 Å². The number of fused-ring (bicyclic) bond motifs is 3. The average Bonchev–Trinajstić information content (AvgIpc) is 3.10. The molecule has 1 fully saturated rings. The molecule has 104 valence electrons. The Morgan fingerprint density at radius 1 is 1.40 bits per heavy atom. The van der Waals surface area contributed by atoms with Crippen molar-refractivity contribution in [1.29, 1.82) is 0 Å². The van der Waals surface area contributed by atoms with Gasteiger partial charge in [-0.25, -0.2) is 4.98 Å². The summed E-state index contributed by atoms with van der Waals surface area (Å²) in [6.45, 7) is 0.899. The highest BCUT2D eigenvalue weighted by atomic mass is 79.9. The lowest BCUT2D eigenvalue weighted by molar-refractivity contribution is 0.117. The molecular formula is C15H16BrN3O. The molecule has 4 nitrogen and oxygen atoms in total. The number of ether oxygens (including phenoxy) is 1. The van der Waals surface area contributed by atoms with Crippen LogP contribution in [0.4, 0.5) is 0 Å². The number of benzene rings is 1. The summed E-state index contributed by atoms with van der Waals surface area (Å²) in [6.07, 6.45) is 2.22. The van der Waals surface area contributed by atoms with Crippen molar-refractivity contribution in [2.24, 2.45) is 0 Å². The van der Waals surface area contributed by atoms with Crippen molar-refractivity contribution in [3.63, 3.8) is 0 Å². The molecule has 1 saturated heterocycles. The summed E-state index contributed by atoms with van der Waals surface area (Å²) < 4.78 is 6.53. The number of methoxy groups -OCH3 is 1. The lowest BCUT2D eigenvalue weighted by Crippen LogP contribution is -2.16. The van der Waals surface area contributed by atoms with Gasteiger partial charge in [0, 0.05) is 35.8 Å². The van der Waals surface area contributed by atoms with Gasteiger partial charge in [-0.15, -0.1) is 0 Å². The number of nitrogens with zero attached hydrogens (tertiary/aromatic N) is 1. The monoisotopic (exact) mass is 333 g/mol. The van der Waals surface area contributed by atoms with Gasteiger partial charge in [0.05, 0.1) is 17.8 Å². The third-order valence-corrected chi connectivity index (χ3v) is 4.73. The second-order valence-electron chi connectivity index (χ2n) is 5.48. The van der Waals surface area contributed by atoms with E-state index in [0.717, 1.165) is 35.4 Å². The summed E-state index contributed by atoms with van der Waals surface area (Å²) in [5.74, 6) is 1.04. The number of hydrogen-bond acceptors (Lipinski definition) is 3. The summed E-state index contributed by atoms with van der Waals surface area (Å²) in [7, 11) is 1.77. The Morgan fingerprint density at radius 3 is 3.10 bits per heavy atom. The molecule has 2 unspecified atom stereocenters. The van der Waals surface area contributed by atoms with Crippen molar-refractivity contribution in [3.05, 3.63) is 39.8 Å². The molecule has 2 heterocycles. The molecule has 1 aromatic heterocycles. The van der Waals surface area contributed by atoms with E-state index in [1.807, 2.05) is 0 Å². The van der Waals surface area contributed by atoms with Gasteiger partial charge < -0.3 is 15.0 Å². The predicted octanol–water partition coefficient (Wildman–Crippen LogP) is 2.79. The molecular weight excluding hydrogens is 318 g/mol. The SMILES string of the molecule is COC1CNC(c2nc3c([nH]2)Cc2cc(Br)ccc2-3)C1. The first-order valence-electron chi connectivity index (χ1n) is 6.88. The maximum atomic E-state index is 5.40. The zero-order valence-corrected chi connectivity index (χ0v) is 12.8. The molecule has 2 aliphatic rings. The van der Waals surface area contributed by atoms with E-state index < -0.39 is 0 Å². The number of imidazole rings is 1. The van der Waals surface area contributed by atoms with Crippen molar-refractivity contribution in [2.45, 2.75) is 25.0 Å². The van der Waals surface area contributed by atoms with Crippen LogP contribution in [-0.4, -0.2) is 29.7 Å². The molecule has 0 bridgehead atoms. The van der Waals surface area contributed by atoms with Gasteiger partial charge in [0.25, 0.3) is 0 Å². The first-order valence-corrected chi connectivity index (χ1v) is 7.67. The molecule has 1 aromatic carbocycles. The molecule has 5 heteroatoms. The minimum Gasteiger partial charge on any atom is -0.380 e. The highest BCUT2D eigenvalue weighted by molar-refractivity contribution is 9.10. The molecule has 0 amide bonds. The Morgan fingerprint density at radius 2 is 2.30 bits per heavy atom. The zero-order chi connectivity index (χ0) is 13.7.